The van der Waals surface area contributed by atoms with Crippen molar-refractivity contribution in [2.45, 2.75) is 14.7 Å². The van der Waals surface area contributed by atoms with Gasteiger partial charge in [-0.15, -0.1) is 4.40 Å². The van der Waals surface area contributed by atoms with E-state index in [9.17, 15) is 16.8 Å². The van der Waals surface area contributed by atoms with Gasteiger partial charge >= 0.3 is 0 Å². The Kier molecular flexibility index (Phi) is 4.62. The Bertz CT molecular complexity index is 1050. The highest BCUT2D eigenvalue weighted by Gasteiger charge is 2.29. The van der Waals surface area contributed by atoms with Crippen molar-refractivity contribution >= 4 is 42.7 Å². The Labute approximate surface area is 150 Å². The summed E-state index contributed by atoms with van der Waals surface area (Å²) in [6.45, 7) is 0. The molecule has 3 rings (SSSR count). The minimum atomic E-state index is -4.00. The van der Waals surface area contributed by atoms with Gasteiger partial charge in [0.1, 0.15) is 4.90 Å². The summed E-state index contributed by atoms with van der Waals surface area (Å²) in [5.41, 5.74) is 0.708. The largest absolute Gasteiger partial charge is 0.334 e. The Morgan fingerprint density at radius 2 is 1.76 bits per heavy atom. The van der Waals surface area contributed by atoms with Crippen LogP contribution in [0.3, 0.4) is 0 Å². The van der Waals surface area contributed by atoms with Gasteiger partial charge in [-0.25, -0.2) is 12.7 Å². The maximum absolute atomic E-state index is 12.5. The fourth-order valence-corrected chi connectivity index (χ4v) is 5.64. The summed E-state index contributed by atoms with van der Waals surface area (Å²) in [6.07, 6.45) is 0. The number of fused-ring (bicyclic) bond motifs is 1. The second-order valence-electron chi connectivity index (χ2n) is 5.36. The van der Waals surface area contributed by atoms with Crippen molar-refractivity contribution in [2.75, 3.05) is 19.4 Å². The van der Waals surface area contributed by atoms with E-state index in [1.54, 1.807) is 12.1 Å². The van der Waals surface area contributed by atoms with E-state index < -0.39 is 20.0 Å². The Morgan fingerprint density at radius 1 is 1.08 bits per heavy atom. The quantitative estimate of drug-likeness (QED) is 0.853. The zero-order valence-electron chi connectivity index (χ0n) is 13.4. The maximum Gasteiger partial charge on any atom is 0.285 e. The van der Waals surface area contributed by atoms with Gasteiger partial charge < -0.3 is 5.32 Å². The molecule has 0 aliphatic carbocycles. The third-order valence-corrected chi connectivity index (χ3v) is 7.74. The van der Waals surface area contributed by atoms with Crippen LogP contribution in [0.25, 0.3) is 0 Å². The normalized spacial score (nSPS) is 16.2. The van der Waals surface area contributed by atoms with Crippen molar-refractivity contribution in [2.24, 2.45) is 4.40 Å². The van der Waals surface area contributed by atoms with Gasteiger partial charge in [-0.2, -0.15) is 8.42 Å². The Morgan fingerprint density at radius 3 is 2.40 bits per heavy atom. The van der Waals surface area contributed by atoms with E-state index in [4.69, 9.17) is 0 Å². The van der Waals surface area contributed by atoms with Crippen LogP contribution in [0.2, 0.25) is 0 Å². The second kappa shape index (κ2) is 6.45. The smallest absolute Gasteiger partial charge is 0.285 e. The minimum Gasteiger partial charge on any atom is -0.334 e. The molecule has 0 fully saturated rings. The van der Waals surface area contributed by atoms with Gasteiger partial charge in [-0.1, -0.05) is 18.2 Å². The van der Waals surface area contributed by atoms with Crippen molar-refractivity contribution in [1.29, 1.82) is 0 Å². The summed E-state index contributed by atoms with van der Waals surface area (Å²) in [7, 11) is -4.95. The summed E-state index contributed by atoms with van der Waals surface area (Å²) in [4.78, 5) is 0.222. The van der Waals surface area contributed by atoms with Gasteiger partial charge in [0, 0.05) is 24.7 Å². The van der Waals surface area contributed by atoms with Crippen LogP contribution in [0, 0.1) is 0 Å². The predicted molar refractivity (Wildman–Crippen MR) is 97.9 cm³/mol. The molecular formula is C15H15N3O4S3. The van der Waals surface area contributed by atoms with Crippen LogP contribution in [0.4, 0.5) is 5.69 Å². The van der Waals surface area contributed by atoms with E-state index in [-0.39, 0.29) is 15.0 Å². The molecule has 0 saturated heterocycles. The number of anilines is 1. The fraction of sp³-hybridized carbons (Fsp3) is 0.133. The number of thioether (sulfide) groups is 1. The molecule has 0 radical (unpaired) electrons. The summed E-state index contributed by atoms with van der Waals surface area (Å²) in [5, 5.41) is 3.16. The predicted octanol–water partition coefficient (Wildman–Crippen LogP) is 2.20. The molecule has 0 spiro atoms. The molecule has 0 aromatic heterocycles. The third-order valence-electron chi connectivity index (χ3n) is 3.41. The highest BCUT2D eigenvalue weighted by Crippen LogP contribution is 2.36. The van der Waals surface area contributed by atoms with E-state index in [0.29, 0.717) is 10.6 Å². The fourth-order valence-electron chi connectivity index (χ4n) is 2.12. The lowest BCUT2D eigenvalue weighted by atomic mass is 10.3. The van der Waals surface area contributed by atoms with Crippen molar-refractivity contribution in [3.63, 3.8) is 0 Å². The number of rotatable bonds is 3. The molecule has 25 heavy (non-hydrogen) atoms. The van der Waals surface area contributed by atoms with Crippen molar-refractivity contribution in [3.05, 3.63) is 48.5 Å². The van der Waals surface area contributed by atoms with E-state index in [1.165, 1.54) is 26.2 Å². The number of nitrogens with zero attached hydrogens (tertiary/aromatic N) is 2. The van der Waals surface area contributed by atoms with E-state index in [2.05, 4.69) is 9.71 Å². The number of para-hydroxylation sites is 1. The molecule has 1 N–H and O–H groups in total. The van der Waals surface area contributed by atoms with Crippen LogP contribution >= 0.6 is 11.8 Å². The zero-order chi connectivity index (χ0) is 18.2. The van der Waals surface area contributed by atoms with Crippen LogP contribution in [-0.2, 0) is 20.0 Å². The van der Waals surface area contributed by atoms with Crippen LogP contribution in [0.15, 0.2) is 67.6 Å². The molecule has 0 bridgehead atoms. The Balaban J connectivity index is 2.00. The second-order valence-corrected chi connectivity index (χ2v) is 10.1. The molecule has 132 valence electrons. The first-order valence-corrected chi connectivity index (χ1v) is 10.8. The molecule has 0 unspecified atom stereocenters. The third kappa shape index (κ3) is 3.56. The topological polar surface area (TPSA) is 95.9 Å². The van der Waals surface area contributed by atoms with Crippen LogP contribution in [-0.4, -0.2) is 40.4 Å². The van der Waals surface area contributed by atoms with Crippen LogP contribution in [0.1, 0.15) is 0 Å². The van der Waals surface area contributed by atoms with Crippen molar-refractivity contribution in [3.8, 4) is 0 Å². The van der Waals surface area contributed by atoms with Crippen molar-refractivity contribution < 1.29 is 16.8 Å². The highest BCUT2D eigenvalue weighted by molar-refractivity contribution is 8.15. The van der Waals surface area contributed by atoms with Gasteiger partial charge in [0.05, 0.1) is 4.90 Å². The average molecular weight is 398 g/mol. The first-order valence-electron chi connectivity index (χ1n) is 7.12. The minimum absolute atomic E-state index is 0.0879. The molecule has 0 amide bonds. The number of hydrogen-bond donors (Lipinski definition) is 1. The lowest BCUT2D eigenvalue weighted by Crippen LogP contribution is -2.23. The molecule has 2 aromatic rings. The molecule has 2 aromatic carbocycles. The van der Waals surface area contributed by atoms with Crippen LogP contribution in [0.5, 0.6) is 0 Å². The van der Waals surface area contributed by atoms with Gasteiger partial charge in [0.25, 0.3) is 10.0 Å². The van der Waals surface area contributed by atoms with Gasteiger partial charge in [-0.05, 0) is 42.1 Å². The average Bonchev–Trinajstić information content (AvgIpc) is 2.54. The first-order chi connectivity index (χ1) is 11.7. The number of sulfonamides is 2. The van der Waals surface area contributed by atoms with E-state index in [1.807, 2.05) is 18.2 Å². The standard InChI is InChI=1S/C15H15N3O4S3/c1-18(2)25(21,22)12-8-9-13-14(10-12)24(19,20)17-15(23-13)16-11-6-4-3-5-7-11/h3-10H,1-2H3,(H,16,17). The van der Waals surface area contributed by atoms with Crippen molar-refractivity contribution in [1.82, 2.24) is 4.31 Å². The van der Waals surface area contributed by atoms with Gasteiger partial charge in [-0.3, -0.25) is 0 Å². The summed E-state index contributed by atoms with van der Waals surface area (Å²) < 4.78 is 54.1. The zero-order valence-corrected chi connectivity index (χ0v) is 15.8. The monoisotopic (exact) mass is 397 g/mol. The molecule has 0 saturated carbocycles. The molecule has 1 aliphatic rings. The van der Waals surface area contributed by atoms with E-state index in [0.717, 1.165) is 22.1 Å². The lowest BCUT2D eigenvalue weighted by molar-refractivity contribution is 0.520. The summed E-state index contributed by atoms with van der Waals surface area (Å²) in [6, 6.07) is 13.1. The van der Waals surface area contributed by atoms with E-state index >= 15 is 0 Å². The molecule has 1 aliphatic heterocycles. The SMILES string of the molecule is CN(C)S(=O)(=O)c1ccc2c(c1)S(=O)(=O)N=C(Nc1ccccc1)S2. The Hall–Kier alpha value is -1.88. The van der Waals surface area contributed by atoms with Gasteiger partial charge in [0.15, 0.2) is 5.17 Å². The molecule has 10 heteroatoms. The summed E-state index contributed by atoms with van der Waals surface area (Å²) in [5.74, 6) is 0. The summed E-state index contributed by atoms with van der Waals surface area (Å²) >= 11 is 1.13. The number of benzene rings is 2. The molecule has 7 nitrogen and oxygen atoms in total. The number of hydrogen-bond acceptors (Lipinski definition) is 6. The van der Waals surface area contributed by atoms with Crippen LogP contribution < -0.4 is 5.32 Å². The lowest BCUT2D eigenvalue weighted by Gasteiger charge is -2.18. The molecular weight excluding hydrogens is 382 g/mol. The highest BCUT2D eigenvalue weighted by atomic mass is 32.2. The first kappa shape index (κ1) is 17.9. The number of nitrogens with one attached hydrogen (secondary N) is 1. The maximum atomic E-state index is 12.5. The number of amidine groups is 1. The molecule has 1 heterocycles. The van der Waals surface area contributed by atoms with Gasteiger partial charge in [0.2, 0.25) is 10.0 Å². The molecule has 0 atom stereocenters.